The number of para-hydroxylation sites is 1. The predicted octanol–water partition coefficient (Wildman–Crippen LogP) is 4.35. The molecule has 0 unspecified atom stereocenters. The van der Waals surface area contributed by atoms with E-state index in [0.29, 0.717) is 18.8 Å². The first-order chi connectivity index (χ1) is 12.5. The summed E-state index contributed by atoms with van der Waals surface area (Å²) in [6, 6.07) is 5.89. The Morgan fingerprint density at radius 2 is 1.41 bits per heavy atom. The molecule has 0 atom stereocenters. The summed E-state index contributed by atoms with van der Waals surface area (Å²) in [4.78, 5) is 14.7. The van der Waals surface area contributed by atoms with Gasteiger partial charge >= 0.3 is 0 Å². The minimum atomic E-state index is -3.60. The van der Waals surface area contributed by atoms with Gasteiger partial charge in [0.25, 0.3) is 0 Å². The van der Waals surface area contributed by atoms with E-state index in [1.54, 1.807) is 4.90 Å². The van der Waals surface area contributed by atoms with Crippen LogP contribution in [0.3, 0.4) is 0 Å². The van der Waals surface area contributed by atoms with Crippen LogP contribution in [-0.2, 0) is 14.8 Å². The molecule has 0 heterocycles. The molecule has 5 nitrogen and oxygen atoms in total. The van der Waals surface area contributed by atoms with E-state index in [1.807, 2.05) is 59.7 Å². The molecular weight excluding hydrogens is 360 g/mol. The number of carbonyl (C=O) groups excluding carboxylic acids is 1. The monoisotopic (exact) mass is 396 g/mol. The van der Waals surface area contributed by atoms with Crippen LogP contribution in [0.25, 0.3) is 0 Å². The van der Waals surface area contributed by atoms with E-state index >= 15 is 0 Å². The summed E-state index contributed by atoms with van der Waals surface area (Å²) in [7, 11) is -3.60. The third-order valence-electron chi connectivity index (χ3n) is 4.61. The second-order valence-electron chi connectivity index (χ2n) is 7.74. The number of carbonyl (C=O) groups is 1. The van der Waals surface area contributed by atoms with E-state index < -0.39 is 10.0 Å². The largest absolute Gasteiger partial charge is 0.341 e. The lowest BCUT2D eigenvalue weighted by Crippen LogP contribution is -2.44. The molecule has 0 saturated heterocycles. The second-order valence-corrected chi connectivity index (χ2v) is 9.65. The van der Waals surface area contributed by atoms with Crippen molar-refractivity contribution in [1.29, 1.82) is 0 Å². The van der Waals surface area contributed by atoms with E-state index in [0.717, 1.165) is 24.0 Å². The van der Waals surface area contributed by atoms with E-state index in [4.69, 9.17) is 0 Å². The van der Waals surface area contributed by atoms with Crippen LogP contribution in [0.4, 0.5) is 5.69 Å². The average Bonchev–Trinajstić information content (AvgIpc) is 2.57. The Bertz CT molecular complexity index is 695. The first-order valence-corrected chi connectivity index (χ1v) is 11.8. The van der Waals surface area contributed by atoms with E-state index in [2.05, 4.69) is 0 Å². The Balaban J connectivity index is 3.48. The van der Waals surface area contributed by atoms with Crippen LogP contribution in [-0.4, -0.2) is 45.1 Å². The van der Waals surface area contributed by atoms with E-state index in [9.17, 15) is 13.2 Å². The van der Waals surface area contributed by atoms with Gasteiger partial charge in [-0.1, -0.05) is 59.7 Å². The molecular formula is C21H36N2O3S. The third-order valence-corrected chi connectivity index (χ3v) is 5.72. The quantitative estimate of drug-likeness (QED) is 0.591. The lowest BCUT2D eigenvalue weighted by Gasteiger charge is -2.31. The van der Waals surface area contributed by atoms with Crippen LogP contribution in [0.1, 0.15) is 77.3 Å². The van der Waals surface area contributed by atoms with Gasteiger partial charge in [0, 0.05) is 13.1 Å². The Labute approximate surface area is 165 Å². The van der Waals surface area contributed by atoms with Crippen molar-refractivity contribution in [3.05, 3.63) is 29.3 Å². The molecule has 154 valence electrons. The number of benzene rings is 1. The Kier molecular flexibility index (Phi) is 8.79. The van der Waals surface area contributed by atoms with Gasteiger partial charge in [0.2, 0.25) is 15.9 Å². The van der Waals surface area contributed by atoms with Crippen LogP contribution in [0.5, 0.6) is 0 Å². The Morgan fingerprint density at radius 1 is 0.963 bits per heavy atom. The highest BCUT2D eigenvalue weighted by atomic mass is 32.2. The minimum absolute atomic E-state index is 0.141. The molecule has 0 saturated carbocycles. The van der Waals surface area contributed by atoms with Crippen molar-refractivity contribution in [2.45, 2.75) is 66.2 Å². The smallest absolute Gasteiger partial charge is 0.243 e. The number of hydrogen-bond acceptors (Lipinski definition) is 3. The van der Waals surface area contributed by atoms with Gasteiger partial charge in [-0.15, -0.1) is 0 Å². The van der Waals surface area contributed by atoms with Gasteiger partial charge in [0.15, 0.2) is 0 Å². The van der Waals surface area contributed by atoms with Crippen molar-refractivity contribution in [2.24, 2.45) is 0 Å². The zero-order chi connectivity index (χ0) is 20.8. The fraction of sp³-hybridized carbons (Fsp3) is 0.667. The van der Waals surface area contributed by atoms with Crippen molar-refractivity contribution in [1.82, 2.24) is 4.90 Å². The Hall–Kier alpha value is -1.56. The fourth-order valence-corrected chi connectivity index (χ4v) is 4.17. The summed E-state index contributed by atoms with van der Waals surface area (Å²) in [5.41, 5.74) is 2.58. The first kappa shape index (κ1) is 23.5. The van der Waals surface area contributed by atoms with Gasteiger partial charge in [0.1, 0.15) is 6.54 Å². The van der Waals surface area contributed by atoms with Gasteiger partial charge in [-0.05, 0) is 35.8 Å². The van der Waals surface area contributed by atoms with Crippen molar-refractivity contribution in [3.8, 4) is 0 Å². The number of anilines is 1. The van der Waals surface area contributed by atoms with E-state index in [1.165, 1.54) is 10.6 Å². The van der Waals surface area contributed by atoms with Gasteiger partial charge in [-0.25, -0.2) is 8.42 Å². The molecule has 1 rings (SSSR count). The molecule has 0 aromatic heterocycles. The molecule has 1 aromatic carbocycles. The third kappa shape index (κ3) is 6.23. The maximum atomic E-state index is 12.9. The minimum Gasteiger partial charge on any atom is -0.341 e. The van der Waals surface area contributed by atoms with Crippen LogP contribution in [0, 0.1) is 0 Å². The normalized spacial score (nSPS) is 11.9. The highest BCUT2D eigenvalue weighted by molar-refractivity contribution is 7.92. The van der Waals surface area contributed by atoms with Gasteiger partial charge < -0.3 is 4.90 Å². The fourth-order valence-electron chi connectivity index (χ4n) is 3.29. The van der Waals surface area contributed by atoms with Crippen molar-refractivity contribution in [2.75, 3.05) is 30.2 Å². The number of rotatable bonds is 10. The predicted molar refractivity (Wildman–Crippen MR) is 114 cm³/mol. The molecule has 0 N–H and O–H groups in total. The van der Waals surface area contributed by atoms with Gasteiger partial charge in [-0.3, -0.25) is 9.10 Å². The van der Waals surface area contributed by atoms with E-state index in [-0.39, 0.29) is 24.3 Å². The summed E-state index contributed by atoms with van der Waals surface area (Å²) in [6.07, 6.45) is 2.89. The SMILES string of the molecule is CCCN(CCC)C(=O)CN(c1c(C(C)C)cccc1C(C)C)S(C)(=O)=O. The van der Waals surface area contributed by atoms with Crippen molar-refractivity contribution in [3.63, 3.8) is 0 Å². The summed E-state index contributed by atoms with van der Waals surface area (Å²) in [5, 5.41) is 0. The molecule has 0 radical (unpaired) electrons. The summed E-state index contributed by atoms with van der Waals surface area (Å²) in [5.74, 6) is 0.165. The molecule has 0 spiro atoms. The van der Waals surface area contributed by atoms with Crippen LogP contribution >= 0.6 is 0 Å². The number of amides is 1. The first-order valence-electron chi connectivity index (χ1n) is 9.92. The molecule has 0 bridgehead atoms. The number of nitrogens with zero attached hydrogens (tertiary/aromatic N) is 2. The standard InChI is InChI=1S/C21H36N2O3S/c1-8-13-22(14-9-2)20(24)15-23(27(7,25)26)21-18(16(3)4)11-10-12-19(21)17(5)6/h10-12,16-17H,8-9,13-15H2,1-7H3. The zero-order valence-corrected chi connectivity index (χ0v) is 18.8. The summed E-state index contributed by atoms with van der Waals surface area (Å²) >= 11 is 0. The van der Waals surface area contributed by atoms with Gasteiger partial charge in [0.05, 0.1) is 11.9 Å². The van der Waals surface area contributed by atoms with Crippen molar-refractivity contribution < 1.29 is 13.2 Å². The lowest BCUT2D eigenvalue weighted by molar-refractivity contribution is -0.129. The molecule has 0 aliphatic rings. The zero-order valence-electron chi connectivity index (χ0n) is 17.9. The molecule has 1 aromatic rings. The van der Waals surface area contributed by atoms with Crippen LogP contribution < -0.4 is 4.31 Å². The van der Waals surface area contributed by atoms with Crippen LogP contribution in [0.2, 0.25) is 0 Å². The van der Waals surface area contributed by atoms with Crippen molar-refractivity contribution >= 4 is 21.6 Å². The highest BCUT2D eigenvalue weighted by Crippen LogP contribution is 2.36. The number of hydrogen-bond donors (Lipinski definition) is 0. The summed E-state index contributed by atoms with van der Waals surface area (Å²) in [6.45, 7) is 13.4. The number of sulfonamides is 1. The summed E-state index contributed by atoms with van der Waals surface area (Å²) < 4.78 is 26.7. The average molecular weight is 397 g/mol. The molecule has 1 amide bonds. The van der Waals surface area contributed by atoms with Gasteiger partial charge in [-0.2, -0.15) is 0 Å². The lowest BCUT2D eigenvalue weighted by atomic mass is 9.92. The molecule has 0 aliphatic heterocycles. The Morgan fingerprint density at radius 3 is 1.74 bits per heavy atom. The maximum absolute atomic E-state index is 12.9. The second kappa shape index (κ2) is 10.1. The molecule has 0 fully saturated rings. The topological polar surface area (TPSA) is 57.7 Å². The molecule has 6 heteroatoms. The molecule has 27 heavy (non-hydrogen) atoms. The molecule has 0 aliphatic carbocycles. The maximum Gasteiger partial charge on any atom is 0.243 e. The highest BCUT2D eigenvalue weighted by Gasteiger charge is 2.28. The van der Waals surface area contributed by atoms with Crippen LogP contribution in [0.15, 0.2) is 18.2 Å².